The van der Waals surface area contributed by atoms with E-state index in [0.717, 1.165) is 35.5 Å². The summed E-state index contributed by atoms with van der Waals surface area (Å²) < 4.78 is 15.7. The first-order valence-corrected chi connectivity index (χ1v) is 8.27. The second-order valence-corrected chi connectivity index (χ2v) is 6.22. The van der Waals surface area contributed by atoms with Gasteiger partial charge in [-0.3, -0.25) is 0 Å². The fourth-order valence-electron chi connectivity index (χ4n) is 3.34. The molecule has 1 aliphatic heterocycles. The Morgan fingerprint density at radius 1 is 1.12 bits per heavy atom. The van der Waals surface area contributed by atoms with Gasteiger partial charge >= 0.3 is 5.63 Å². The smallest absolute Gasteiger partial charge is 0.343 e. The normalized spacial score (nSPS) is 18.6. The molecular weight excluding hydrogens is 320 g/mol. The van der Waals surface area contributed by atoms with E-state index in [1.807, 2.05) is 24.3 Å². The molecule has 1 atom stereocenters. The van der Waals surface area contributed by atoms with E-state index in [1.54, 1.807) is 18.2 Å². The topological polar surface area (TPSA) is 68.9 Å². The molecule has 5 heteroatoms. The zero-order chi connectivity index (χ0) is 17.2. The first kappa shape index (κ1) is 15.6. The van der Waals surface area contributed by atoms with Crippen LogP contribution in [0.2, 0.25) is 0 Å². The molecule has 128 valence electrons. The average molecular weight is 338 g/mol. The molecule has 0 saturated heterocycles. The van der Waals surface area contributed by atoms with Gasteiger partial charge in [-0.2, -0.15) is 0 Å². The number of hydrogen-bond acceptors (Lipinski definition) is 5. The molecular formula is C20H18O5. The van der Waals surface area contributed by atoms with Gasteiger partial charge in [-0.05, 0) is 60.2 Å². The maximum atomic E-state index is 12.0. The highest BCUT2D eigenvalue weighted by atomic mass is 16.7. The third-order valence-corrected chi connectivity index (χ3v) is 4.62. The van der Waals surface area contributed by atoms with Gasteiger partial charge in [0.05, 0.1) is 17.6 Å². The lowest BCUT2D eigenvalue weighted by Gasteiger charge is -2.22. The van der Waals surface area contributed by atoms with E-state index in [4.69, 9.17) is 13.9 Å². The maximum absolute atomic E-state index is 12.0. The third kappa shape index (κ3) is 3.18. The van der Waals surface area contributed by atoms with Crippen LogP contribution in [0.25, 0.3) is 5.57 Å². The highest BCUT2D eigenvalue weighted by molar-refractivity contribution is 5.69. The highest BCUT2D eigenvalue weighted by Gasteiger charge is 2.23. The van der Waals surface area contributed by atoms with Gasteiger partial charge in [0.15, 0.2) is 11.5 Å². The number of aliphatic hydroxyl groups excluding tert-OH is 1. The maximum Gasteiger partial charge on any atom is 0.343 e. The summed E-state index contributed by atoms with van der Waals surface area (Å²) in [6.07, 6.45) is 6.98. The van der Waals surface area contributed by atoms with Gasteiger partial charge in [-0.25, -0.2) is 4.79 Å². The van der Waals surface area contributed by atoms with Gasteiger partial charge in [0.25, 0.3) is 0 Å². The van der Waals surface area contributed by atoms with Crippen molar-refractivity contribution in [1.29, 1.82) is 0 Å². The first-order valence-electron chi connectivity index (χ1n) is 8.27. The molecule has 0 amide bonds. The predicted octanol–water partition coefficient (Wildman–Crippen LogP) is 3.85. The van der Waals surface area contributed by atoms with Gasteiger partial charge in [-0.15, -0.1) is 0 Å². The largest absolute Gasteiger partial charge is 0.512 e. The molecule has 1 unspecified atom stereocenters. The lowest BCUT2D eigenvalue weighted by atomic mass is 9.82. The summed E-state index contributed by atoms with van der Waals surface area (Å²) in [5, 5.41) is 9.92. The van der Waals surface area contributed by atoms with Crippen LogP contribution < -0.4 is 15.1 Å². The fourth-order valence-corrected chi connectivity index (χ4v) is 3.34. The number of allylic oxidation sites excluding steroid dienone is 4. The van der Waals surface area contributed by atoms with Crippen LogP contribution >= 0.6 is 0 Å². The molecule has 2 heterocycles. The van der Waals surface area contributed by atoms with Crippen LogP contribution in [0, 0.1) is 5.92 Å². The fraction of sp³-hybridized carbons (Fsp3) is 0.250. The Balaban J connectivity index is 1.54. The van der Waals surface area contributed by atoms with E-state index >= 15 is 0 Å². The quantitative estimate of drug-likeness (QED) is 0.917. The van der Waals surface area contributed by atoms with E-state index < -0.39 is 0 Å². The van der Waals surface area contributed by atoms with Crippen molar-refractivity contribution in [2.24, 2.45) is 5.92 Å². The summed E-state index contributed by atoms with van der Waals surface area (Å²) in [6.45, 7) is 0.261. The van der Waals surface area contributed by atoms with E-state index in [1.165, 1.54) is 6.26 Å². The van der Waals surface area contributed by atoms with Crippen LogP contribution in [0.15, 0.2) is 63.7 Å². The summed E-state index contributed by atoms with van der Waals surface area (Å²) >= 11 is 0. The van der Waals surface area contributed by atoms with Gasteiger partial charge < -0.3 is 19.0 Å². The molecule has 1 aromatic heterocycles. The van der Waals surface area contributed by atoms with Gasteiger partial charge in [-0.1, -0.05) is 12.1 Å². The number of rotatable bonds is 4. The van der Waals surface area contributed by atoms with Crippen molar-refractivity contribution in [3.05, 3.63) is 76.1 Å². The predicted molar refractivity (Wildman–Crippen MR) is 92.7 cm³/mol. The highest BCUT2D eigenvalue weighted by Crippen LogP contribution is 2.36. The Hall–Kier alpha value is -2.95. The zero-order valence-corrected chi connectivity index (χ0v) is 13.6. The summed E-state index contributed by atoms with van der Waals surface area (Å²) in [7, 11) is 0. The first-order chi connectivity index (χ1) is 12.2. The van der Waals surface area contributed by atoms with Crippen molar-refractivity contribution in [2.45, 2.75) is 19.3 Å². The van der Waals surface area contributed by atoms with Crippen LogP contribution in [0.5, 0.6) is 11.5 Å². The lowest BCUT2D eigenvalue weighted by molar-refractivity contribution is 0.174. The van der Waals surface area contributed by atoms with E-state index in [0.29, 0.717) is 17.7 Å². The van der Waals surface area contributed by atoms with Crippen molar-refractivity contribution in [3.8, 4) is 11.5 Å². The number of fused-ring (bicyclic) bond motifs is 1. The summed E-state index contributed by atoms with van der Waals surface area (Å²) in [6, 6.07) is 9.40. The van der Waals surface area contributed by atoms with Crippen molar-refractivity contribution in [3.63, 3.8) is 0 Å². The minimum Gasteiger partial charge on any atom is -0.512 e. The molecule has 0 radical (unpaired) electrons. The number of ether oxygens (including phenoxy) is 2. The molecule has 1 aromatic carbocycles. The SMILES string of the molecule is O=c1occcc1C1=CC=C(O)CC1CCc1ccc2c(c1)OCO2. The van der Waals surface area contributed by atoms with Crippen LogP contribution in [0.1, 0.15) is 24.0 Å². The minimum atomic E-state index is -0.350. The molecule has 2 aliphatic rings. The molecule has 5 nitrogen and oxygen atoms in total. The molecule has 0 spiro atoms. The Morgan fingerprint density at radius 2 is 2.00 bits per heavy atom. The average Bonchev–Trinajstić information content (AvgIpc) is 3.09. The number of benzene rings is 1. The summed E-state index contributed by atoms with van der Waals surface area (Å²) in [5.41, 5.74) is 2.25. The Labute approximate surface area is 144 Å². The molecule has 2 aromatic rings. The van der Waals surface area contributed by atoms with Crippen molar-refractivity contribution in [2.75, 3.05) is 6.79 Å². The summed E-state index contributed by atoms with van der Waals surface area (Å²) in [4.78, 5) is 12.0. The molecule has 0 bridgehead atoms. The zero-order valence-electron chi connectivity index (χ0n) is 13.6. The lowest BCUT2D eigenvalue weighted by Crippen LogP contribution is -2.15. The molecule has 1 aliphatic carbocycles. The summed E-state index contributed by atoms with van der Waals surface area (Å²) in [5.74, 6) is 1.92. The monoisotopic (exact) mass is 338 g/mol. The standard InChI is InChI=1S/C20H18O5/c21-15-6-7-16(17-2-1-9-23-20(17)22)14(11-15)5-3-13-4-8-18-19(10-13)25-12-24-18/h1-2,4,6-10,14,21H,3,5,11-12H2. The van der Waals surface area contributed by atoms with Crippen molar-refractivity contribution in [1.82, 2.24) is 0 Å². The van der Waals surface area contributed by atoms with Crippen LogP contribution in [0.4, 0.5) is 0 Å². The number of hydrogen-bond donors (Lipinski definition) is 1. The molecule has 0 fully saturated rings. The van der Waals surface area contributed by atoms with Crippen LogP contribution in [-0.2, 0) is 6.42 Å². The second-order valence-electron chi connectivity index (χ2n) is 6.22. The van der Waals surface area contributed by atoms with Gasteiger partial charge in [0.2, 0.25) is 6.79 Å². The Kier molecular flexibility index (Phi) is 4.06. The van der Waals surface area contributed by atoms with Crippen LogP contribution in [0.3, 0.4) is 0 Å². The molecule has 0 saturated carbocycles. The third-order valence-electron chi connectivity index (χ3n) is 4.62. The van der Waals surface area contributed by atoms with Crippen LogP contribution in [-0.4, -0.2) is 11.9 Å². The van der Waals surface area contributed by atoms with Gasteiger partial charge in [0, 0.05) is 6.42 Å². The Bertz CT molecular complexity index is 906. The second kappa shape index (κ2) is 6.51. The number of aliphatic hydroxyl groups is 1. The minimum absolute atomic E-state index is 0.0562. The van der Waals surface area contributed by atoms with E-state index in [-0.39, 0.29) is 18.3 Å². The molecule has 4 rings (SSSR count). The van der Waals surface area contributed by atoms with E-state index in [2.05, 4.69) is 0 Å². The Morgan fingerprint density at radius 3 is 2.88 bits per heavy atom. The molecule has 25 heavy (non-hydrogen) atoms. The van der Waals surface area contributed by atoms with Crippen molar-refractivity contribution >= 4 is 5.57 Å². The number of aryl methyl sites for hydroxylation is 1. The molecule has 1 N–H and O–H groups in total. The van der Waals surface area contributed by atoms with Gasteiger partial charge in [0.1, 0.15) is 0 Å². The van der Waals surface area contributed by atoms with E-state index in [9.17, 15) is 9.90 Å². The van der Waals surface area contributed by atoms with Crippen molar-refractivity contribution < 1.29 is 19.0 Å².